The van der Waals surface area contributed by atoms with Crippen molar-refractivity contribution in [1.82, 2.24) is 0 Å². The number of aryl methyl sites for hydroxylation is 1. The molecule has 1 fully saturated rings. The Labute approximate surface area is 221 Å². The molecule has 3 aliphatic rings. The molecule has 6 rings (SSSR count). The van der Waals surface area contributed by atoms with Crippen LogP contribution in [0.2, 0.25) is 0 Å². The summed E-state index contributed by atoms with van der Waals surface area (Å²) < 4.78 is 15.1. The van der Waals surface area contributed by atoms with Crippen molar-refractivity contribution in [3.05, 3.63) is 101 Å². The van der Waals surface area contributed by atoms with Crippen LogP contribution in [0.5, 0.6) is 0 Å². The molecule has 192 valence electrons. The summed E-state index contributed by atoms with van der Waals surface area (Å²) >= 11 is 0. The van der Waals surface area contributed by atoms with Gasteiger partial charge in [-0.3, -0.25) is 14.4 Å². The third-order valence-electron chi connectivity index (χ3n) is 8.22. The topological polar surface area (TPSA) is 66.5 Å². The van der Waals surface area contributed by atoms with Crippen molar-refractivity contribution in [2.24, 2.45) is 11.3 Å². The van der Waals surface area contributed by atoms with Crippen molar-refractivity contribution < 1.29 is 18.8 Å². The van der Waals surface area contributed by atoms with E-state index in [4.69, 9.17) is 0 Å². The van der Waals surface area contributed by atoms with Crippen molar-refractivity contribution in [2.45, 2.75) is 45.2 Å². The van der Waals surface area contributed by atoms with E-state index in [1.54, 1.807) is 12.1 Å². The molecular weight excluding hydrogens is 479 g/mol. The summed E-state index contributed by atoms with van der Waals surface area (Å²) in [5.41, 5.74) is 1.64. The molecule has 0 aromatic heterocycles. The van der Waals surface area contributed by atoms with Crippen LogP contribution in [0.25, 0.3) is 6.08 Å². The number of carbonyl (C=O) groups excluding carboxylic acids is 3. The number of anilines is 2. The molecule has 3 heterocycles. The van der Waals surface area contributed by atoms with Crippen LogP contribution in [0.3, 0.4) is 0 Å². The first-order valence-corrected chi connectivity index (χ1v) is 12.9. The van der Waals surface area contributed by atoms with E-state index in [0.717, 1.165) is 16.8 Å². The second-order valence-electron chi connectivity index (χ2n) is 11.5. The number of fused-ring (bicyclic) bond motifs is 6. The van der Waals surface area contributed by atoms with Gasteiger partial charge in [0.2, 0.25) is 5.91 Å². The average Bonchev–Trinajstić information content (AvgIpc) is 3.35. The number of hydrogen-bond acceptors (Lipinski definition) is 4. The van der Waals surface area contributed by atoms with E-state index in [0.29, 0.717) is 11.3 Å². The van der Waals surface area contributed by atoms with Crippen LogP contribution in [-0.4, -0.2) is 29.6 Å². The Morgan fingerprint density at radius 2 is 1.71 bits per heavy atom. The van der Waals surface area contributed by atoms with Crippen molar-refractivity contribution in [2.75, 3.05) is 10.2 Å². The maximum atomic E-state index is 15.1. The van der Waals surface area contributed by atoms with Gasteiger partial charge in [-0.25, -0.2) is 4.39 Å². The van der Waals surface area contributed by atoms with Crippen LogP contribution < -0.4 is 10.2 Å². The van der Waals surface area contributed by atoms with Crippen LogP contribution in [0.15, 0.2) is 72.8 Å². The molecule has 0 bridgehead atoms. The Morgan fingerprint density at radius 1 is 1.00 bits per heavy atom. The van der Waals surface area contributed by atoms with Gasteiger partial charge in [-0.1, -0.05) is 74.9 Å². The SMILES string of the molecule is Cc1ccc2c(c1)C=C[C@H]1N2[C@H](C(=O)C(C)(C)C)[C@@H](C(=O)c2ccccc2F)[C@]12C(=O)Nc1ccccc12. The number of nitrogens with one attached hydrogen (secondary N) is 1. The molecule has 1 N–H and O–H groups in total. The molecule has 0 aliphatic carbocycles. The summed E-state index contributed by atoms with van der Waals surface area (Å²) in [5.74, 6) is -2.90. The van der Waals surface area contributed by atoms with Gasteiger partial charge in [0.1, 0.15) is 17.3 Å². The van der Waals surface area contributed by atoms with Gasteiger partial charge in [0.05, 0.1) is 17.5 Å². The summed E-state index contributed by atoms with van der Waals surface area (Å²) in [6.07, 6.45) is 3.90. The Bertz CT molecular complexity index is 1550. The van der Waals surface area contributed by atoms with E-state index in [2.05, 4.69) is 5.32 Å². The molecule has 1 saturated heterocycles. The van der Waals surface area contributed by atoms with Gasteiger partial charge in [0.15, 0.2) is 11.6 Å². The van der Waals surface area contributed by atoms with Gasteiger partial charge in [-0.2, -0.15) is 0 Å². The molecule has 5 nitrogen and oxygen atoms in total. The Hall–Kier alpha value is -4.06. The third-order valence-corrected chi connectivity index (χ3v) is 8.22. The predicted molar refractivity (Wildman–Crippen MR) is 146 cm³/mol. The average molecular weight is 509 g/mol. The second kappa shape index (κ2) is 8.22. The first-order valence-electron chi connectivity index (χ1n) is 12.9. The maximum absolute atomic E-state index is 15.1. The number of amides is 1. The van der Waals surface area contributed by atoms with Gasteiger partial charge in [0.25, 0.3) is 0 Å². The lowest BCUT2D eigenvalue weighted by Gasteiger charge is -2.38. The molecule has 38 heavy (non-hydrogen) atoms. The number of benzene rings is 3. The smallest absolute Gasteiger partial charge is 0.238 e. The van der Waals surface area contributed by atoms with Crippen LogP contribution in [0.1, 0.15) is 47.8 Å². The highest BCUT2D eigenvalue weighted by molar-refractivity contribution is 6.17. The lowest BCUT2D eigenvalue weighted by Crippen LogP contribution is -2.51. The fraction of sp³-hybridized carbons (Fsp3) is 0.281. The summed E-state index contributed by atoms with van der Waals surface area (Å²) in [5, 5.41) is 2.99. The highest BCUT2D eigenvalue weighted by Crippen LogP contribution is 2.58. The van der Waals surface area contributed by atoms with E-state index in [9.17, 15) is 14.4 Å². The highest BCUT2D eigenvalue weighted by atomic mass is 19.1. The number of hydrogen-bond donors (Lipinski definition) is 1. The number of Topliss-reactive ketones (excluding diaryl/α,β-unsaturated/α-hetero) is 2. The molecule has 3 aromatic rings. The molecule has 0 unspecified atom stereocenters. The minimum Gasteiger partial charge on any atom is -0.352 e. The highest BCUT2D eigenvalue weighted by Gasteiger charge is 2.70. The lowest BCUT2D eigenvalue weighted by molar-refractivity contribution is -0.128. The molecule has 3 aromatic carbocycles. The monoisotopic (exact) mass is 508 g/mol. The Balaban J connectivity index is 1.70. The number of halogens is 1. The minimum absolute atomic E-state index is 0.117. The van der Waals surface area contributed by atoms with Crippen LogP contribution in [0, 0.1) is 24.1 Å². The standard InChI is InChI=1S/C32H29FN2O3/c1-18-13-15-24-19(17-18)14-16-25-32(21-10-6-8-12-23(21)34-30(32)38)26(27(35(24)25)29(37)31(2,3)4)28(36)20-9-5-7-11-22(20)33/h5-17,25-27H,1-4H3,(H,34,38)/t25-,26+,27+,32-/m1/s1. The van der Waals surface area contributed by atoms with Crippen LogP contribution in [0.4, 0.5) is 15.8 Å². The van der Waals surface area contributed by atoms with Gasteiger partial charge in [-0.05, 0) is 48.4 Å². The van der Waals surface area contributed by atoms with Crippen LogP contribution in [-0.2, 0) is 15.0 Å². The first kappa shape index (κ1) is 24.3. The zero-order valence-electron chi connectivity index (χ0n) is 21.8. The lowest BCUT2D eigenvalue weighted by atomic mass is 9.63. The summed E-state index contributed by atoms with van der Waals surface area (Å²) in [6, 6.07) is 17.4. The zero-order chi connectivity index (χ0) is 27.0. The molecule has 0 saturated carbocycles. The van der Waals surface area contributed by atoms with Gasteiger partial charge in [0, 0.05) is 16.8 Å². The fourth-order valence-corrected chi connectivity index (χ4v) is 6.57. The Kier molecular flexibility index (Phi) is 5.25. The minimum atomic E-state index is -1.43. The summed E-state index contributed by atoms with van der Waals surface area (Å²) in [7, 11) is 0. The zero-order valence-corrected chi connectivity index (χ0v) is 21.8. The number of ketones is 2. The van der Waals surface area contributed by atoms with Gasteiger partial charge >= 0.3 is 0 Å². The van der Waals surface area contributed by atoms with E-state index < -0.39 is 40.4 Å². The normalized spacial score (nSPS) is 25.1. The quantitative estimate of drug-likeness (QED) is 0.460. The van der Waals surface area contributed by atoms with Crippen molar-refractivity contribution in [3.8, 4) is 0 Å². The third kappa shape index (κ3) is 3.19. The molecule has 3 aliphatic heterocycles. The largest absolute Gasteiger partial charge is 0.352 e. The molecule has 0 radical (unpaired) electrons. The van der Waals surface area contributed by atoms with Gasteiger partial charge in [-0.15, -0.1) is 0 Å². The predicted octanol–water partition coefficient (Wildman–Crippen LogP) is 5.72. The van der Waals surface area contributed by atoms with E-state index in [1.165, 1.54) is 18.2 Å². The Morgan fingerprint density at radius 3 is 2.45 bits per heavy atom. The van der Waals surface area contributed by atoms with E-state index in [1.807, 2.05) is 81.1 Å². The second-order valence-corrected chi connectivity index (χ2v) is 11.5. The molecule has 6 heteroatoms. The van der Waals surface area contributed by atoms with E-state index >= 15 is 4.39 Å². The maximum Gasteiger partial charge on any atom is 0.238 e. The van der Waals surface area contributed by atoms with Gasteiger partial charge < -0.3 is 10.2 Å². The molecule has 4 atom stereocenters. The number of nitrogens with zero attached hydrogens (tertiary/aromatic N) is 1. The molecule has 1 amide bonds. The molecule has 1 spiro atoms. The number of carbonyl (C=O) groups is 3. The van der Waals surface area contributed by atoms with E-state index in [-0.39, 0.29) is 17.3 Å². The fourth-order valence-electron chi connectivity index (χ4n) is 6.57. The summed E-state index contributed by atoms with van der Waals surface area (Å²) in [4.78, 5) is 45.0. The first-order chi connectivity index (χ1) is 18.1. The summed E-state index contributed by atoms with van der Waals surface area (Å²) in [6.45, 7) is 7.45. The van der Waals surface area contributed by atoms with Crippen molar-refractivity contribution >= 4 is 34.9 Å². The van der Waals surface area contributed by atoms with Crippen molar-refractivity contribution in [3.63, 3.8) is 0 Å². The van der Waals surface area contributed by atoms with Crippen molar-refractivity contribution in [1.29, 1.82) is 0 Å². The number of para-hydroxylation sites is 1. The van der Waals surface area contributed by atoms with Crippen LogP contribution >= 0.6 is 0 Å². The molecular formula is C32H29FN2O3. The number of rotatable bonds is 3.